The smallest absolute Gasteiger partial charge is 0.113 e. The van der Waals surface area contributed by atoms with Crippen LogP contribution >= 0.6 is 0 Å². The van der Waals surface area contributed by atoms with Gasteiger partial charge in [-0.2, -0.15) is 6.21 Å². The zero-order valence-corrected chi connectivity index (χ0v) is 8.65. The molecule has 1 radical (unpaired) electrons. The summed E-state index contributed by atoms with van der Waals surface area (Å²) >= 11 is 0. The molecule has 0 saturated carbocycles. The first-order valence-electron chi connectivity index (χ1n) is 3.30. The van der Waals surface area contributed by atoms with E-state index in [4.69, 9.17) is 5.41 Å². The van der Waals surface area contributed by atoms with Gasteiger partial charge in [-0.3, -0.25) is 16.5 Å². The summed E-state index contributed by atoms with van der Waals surface area (Å²) in [5.41, 5.74) is 0. The molecule has 0 heterocycles. The van der Waals surface area contributed by atoms with Gasteiger partial charge in [-0.15, -0.1) is 0 Å². The molecular weight excluding hydrogens is 227 g/mol. The van der Waals surface area contributed by atoms with E-state index in [1.165, 1.54) is 6.21 Å². The molecule has 0 atom stereocenters. The van der Waals surface area contributed by atoms with Gasteiger partial charge in [0.05, 0.1) is 0 Å². The quantitative estimate of drug-likeness (QED) is 0.332. The van der Waals surface area contributed by atoms with Gasteiger partial charge in [0.15, 0.2) is 0 Å². The van der Waals surface area contributed by atoms with Gasteiger partial charge in [0.1, 0.15) is 5.84 Å². The Morgan fingerprint density at radius 2 is 2.09 bits per heavy atom. The zero-order chi connectivity index (χ0) is 7.98. The maximum atomic E-state index is 6.93. The Balaban J connectivity index is 0. The second-order valence-electron chi connectivity index (χ2n) is 2.42. The van der Waals surface area contributed by atoms with Crippen molar-refractivity contribution < 1.29 is 19.5 Å². The number of allylic oxidation sites excluding steroid dienone is 2. The van der Waals surface area contributed by atoms with Crippen molar-refractivity contribution in [1.29, 1.82) is 5.41 Å². The van der Waals surface area contributed by atoms with Crippen LogP contribution in [0.1, 0.15) is 20.8 Å². The molecule has 0 aromatic rings. The minimum absolute atomic E-state index is 0. The van der Waals surface area contributed by atoms with Gasteiger partial charge in [0.25, 0.3) is 0 Å². The summed E-state index contributed by atoms with van der Waals surface area (Å²) in [6.45, 7) is 5.77. The summed E-state index contributed by atoms with van der Waals surface area (Å²) in [7, 11) is 0. The predicted octanol–water partition coefficient (Wildman–Crippen LogP) is 2.07. The fourth-order valence-corrected chi connectivity index (χ4v) is 0.370. The normalized spacial score (nSPS) is 10.9. The third-order valence-corrected chi connectivity index (χ3v) is 0.762. The van der Waals surface area contributed by atoms with Crippen LogP contribution in [0.15, 0.2) is 11.1 Å². The maximum absolute atomic E-state index is 6.93. The van der Waals surface area contributed by atoms with Gasteiger partial charge >= 0.3 is 0 Å². The molecule has 1 N–H and O–H groups in total. The molecule has 0 fully saturated rings. The summed E-state index contributed by atoms with van der Waals surface area (Å²) in [5, 5.41) is 6.93. The summed E-state index contributed by atoms with van der Waals surface area (Å²) < 4.78 is 0. The van der Waals surface area contributed by atoms with Crippen LogP contribution in [0, 0.1) is 17.4 Å². The minimum Gasteiger partial charge on any atom is -0.457 e. The second kappa shape index (κ2) is 7.81. The van der Waals surface area contributed by atoms with Crippen molar-refractivity contribution in [2.45, 2.75) is 20.8 Å². The van der Waals surface area contributed by atoms with Crippen LogP contribution in [0.5, 0.6) is 0 Å². The van der Waals surface area contributed by atoms with Gasteiger partial charge in [-0.05, 0) is 6.92 Å². The SMILES string of the molecule is CC(=N)N=C[C-]=CC(C)C.[Rh]. The van der Waals surface area contributed by atoms with Crippen molar-refractivity contribution in [2.75, 3.05) is 0 Å². The molecule has 3 heteroatoms. The van der Waals surface area contributed by atoms with Crippen LogP contribution in [0.2, 0.25) is 0 Å². The Morgan fingerprint density at radius 3 is 2.45 bits per heavy atom. The van der Waals surface area contributed by atoms with Crippen LogP contribution in [0.4, 0.5) is 0 Å². The van der Waals surface area contributed by atoms with Gasteiger partial charge in [-0.1, -0.05) is 19.8 Å². The molecule has 0 aromatic heterocycles. The summed E-state index contributed by atoms with van der Waals surface area (Å²) in [4.78, 5) is 3.71. The minimum atomic E-state index is 0. The van der Waals surface area contributed by atoms with Gasteiger partial charge in [-0.25, -0.2) is 0 Å². The Morgan fingerprint density at radius 1 is 1.55 bits per heavy atom. The number of nitrogens with zero attached hydrogens (tertiary/aromatic N) is 1. The summed E-state index contributed by atoms with van der Waals surface area (Å²) in [6.07, 6.45) is 6.28. The number of hydrogen-bond acceptors (Lipinski definition) is 1. The largest absolute Gasteiger partial charge is 0.457 e. The molecule has 0 aromatic carbocycles. The van der Waals surface area contributed by atoms with E-state index in [9.17, 15) is 0 Å². The van der Waals surface area contributed by atoms with Crippen molar-refractivity contribution in [3.05, 3.63) is 12.2 Å². The van der Waals surface area contributed by atoms with E-state index in [2.05, 4.69) is 24.9 Å². The molecule has 0 spiro atoms. The van der Waals surface area contributed by atoms with Crippen LogP contribution < -0.4 is 0 Å². The molecule has 0 rings (SSSR count). The third-order valence-electron chi connectivity index (χ3n) is 0.762. The number of amidine groups is 1. The molecule has 2 nitrogen and oxygen atoms in total. The average molecular weight is 240 g/mol. The molecule has 11 heavy (non-hydrogen) atoms. The van der Waals surface area contributed by atoms with Crippen molar-refractivity contribution in [1.82, 2.24) is 0 Å². The summed E-state index contributed by atoms with van der Waals surface area (Å²) in [6, 6.07) is 0. The van der Waals surface area contributed by atoms with Gasteiger partial charge in [0.2, 0.25) is 0 Å². The van der Waals surface area contributed by atoms with E-state index in [-0.39, 0.29) is 19.5 Å². The second-order valence-corrected chi connectivity index (χ2v) is 2.42. The Hall–Kier alpha value is -0.297. The van der Waals surface area contributed by atoms with Gasteiger partial charge in [0, 0.05) is 19.5 Å². The molecule has 65 valence electrons. The Kier molecular flexibility index (Phi) is 9.44. The average Bonchev–Trinajstić information content (AvgIpc) is 1.79. The number of hydrogen-bond donors (Lipinski definition) is 1. The van der Waals surface area contributed by atoms with E-state index in [0.717, 1.165) is 0 Å². The number of rotatable bonds is 2. The number of nitrogens with one attached hydrogen (secondary N) is 1. The van der Waals surface area contributed by atoms with Crippen LogP contribution in [-0.4, -0.2) is 12.1 Å². The standard InChI is InChI=1S/C8H13N2.Rh/c1-7(2)5-4-6-10-8(3)9;/h5-7,9H,1-3H3;/q-1;. The fourth-order valence-electron chi connectivity index (χ4n) is 0.370. The van der Waals surface area contributed by atoms with Crippen LogP contribution in [0.3, 0.4) is 0 Å². The Labute approximate surface area is 81.1 Å². The fraction of sp³-hybridized carbons (Fsp3) is 0.500. The van der Waals surface area contributed by atoms with Crippen LogP contribution in [0.25, 0.3) is 0 Å². The molecule has 0 bridgehead atoms. The Bertz CT molecular complexity index is 159. The molecule has 0 aliphatic rings. The molecule has 0 unspecified atom stereocenters. The number of aliphatic imine (C=N–C) groups is 1. The van der Waals surface area contributed by atoms with Gasteiger partial charge < -0.3 is 6.08 Å². The monoisotopic (exact) mass is 240 g/mol. The molecular formula is C8H13N2Rh-. The molecule has 0 saturated heterocycles. The zero-order valence-electron chi connectivity index (χ0n) is 7.01. The predicted molar refractivity (Wildman–Crippen MR) is 44.5 cm³/mol. The van der Waals surface area contributed by atoms with E-state index in [1.807, 2.05) is 6.08 Å². The van der Waals surface area contributed by atoms with E-state index in [1.54, 1.807) is 6.92 Å². The van der Waals surface area contributed by atoms with Crippen molar-refractivity contribution in [3.8, 4) is 0 Å². The van der Waals surface area contributed by atoms with E-state index < -0.39 is 0 Å². The topological polar surface area (TPSA) is 36.2 Å². The van der Waals surface area contributed by atoms with E-state index in [0.29, 0.717) is 11.8 Å². The molecule has 0 amide bonds. The first-order valence-corrected chi connectivity index (χ1v) is 3.30. The molecule has 0 aliphatic heterocycles. The summed E-state index contributed by atoms with van der Waals surface area (Å²) in [5.74, 6) is 0.808. The van der Waals surface area contributed by atoms with Crippen molar-refractivity contribution in [3.63, 3.8) is 0 Å². The van der Waals surface area contributed by atoms with Crippen molar-refractivity contribution in [2.24, 2.45) is 10.9 Å². The van der Waals surface area contributed by atoms with Crippen LogP contribution in [-0.2, 0) is 19.5 Å². The van der Waals surface area contributed by atoms with E-state index >= 15 is 0 Å². The first kappa shape index (κ1) is 13.3. The maximum Gasteiger partial charge on any atom is 0.113 e. The molecule has 0 aliphatic carbocycles. The third kappa shape index (κ3) is 12.8. The first-order chi connectivity index (χ1) is 4.63. The van der Waals surface area contributed by atoms with Crippen molar-refractivity contribution >= 4 is 12.1 Å².